The number of nitrogens with one attached hydrogen (secondary N) is 2. The summed E-state index contributed by atoms with van der Waals surface area (Å²) in [6, 6.07) is 0. The van der Waals surface area contributed by atoms with Crippen molar-refractivity contribution in [1.82, 2.24) is 15.6 Å². The first kappa shape index (κ1) is 16.4. The van der Waals surface area contributed by atoms with E-state index in [1.807, 2.05) is 11.6 Å². The first-order chi connectivity index (χ1) is 10.3. The van der Waals surface area contributed by atoms with E-state index in [-0.39, 0.29) is 5.91 Å². The molecule has 1 aliphatic heterocycles. The quantitative estimate of drug-likeness (QED) is 0.726. The number of hydrogen-bond acceptors (Lipinski definition) is 4. The highest BCUT2D eigenvalue weighted by Crippen LogP contribution is 2.24. The third-order valence-electron chi connectivity index (χ3n) is 4.32. The number of carbonyl (C=O) groups excluding carboxylic acids is 1. The fourth-order valence-electron chi connectivity index (χ4n) is 2.95. The number of carbonyl (C=O) groups is 1. The van der Waals surface area contributed by atoms with Crippen LogP contribution in [0.3, 0.4) is 0 Å². The van der Waals surface area contributed by atoms with Gasteiger partial charge in [0.15, 0.2) is 0 Å². The summed E-state index contributed by atoms with van der Waals surface area (Å²) in [7, 11) is 0. The fourth-order valence-corrected chi connectivity index (χ4v) is 3.61. The molecule has 1 fully saturated rings. The maximum atomic E-state index is 12.0. The molecule has 1 atom stereocenters. The van der Waals surface area contributed by atoms with Crippen molar-refractivity contribution in [1.29, 1.82) is 0 Å². The standard InChI is InChI=1S/C16H27N3OS/c1-13(14-5-8-17-9-6-14)12-15(20)18-7-3-2-4-16-19-10-11-21-16/h10-11,13-14,17H,2-9,12H2,1H3,(H,18,20)/t13-/m1/s1. The van der Waals surface area contributed by atoms with Crippen molar-refractivity contribution in [3.05, 3.63) is 16.6 Å². The number of piperidine rings is 1. The third kappa shape index (κ3) is 6.14. The number of amides is 1. The van der Waals surface area contributed by atoms with E-state index in [2.05, 4.69) is 22.5 Å². The maximum Gasteiger partial charge on any atom is 0.220 e. The highest BCUT2D eigenvalue weighted by molar-refractivity contribution is 7.09. The van der Waals surface area contributed by atoms with Gasteiger partial charge in [-0.25, -0.2) is 4.98 Å². The van der Waals surface area contributed by atoms with E-state index >= 15 is 0 Å². The Morgan fingerprint density at radius 2 is 2.29 bits per heavy atom. The monoisotopic (exact) mass is 309 g/mol. The number of unbranched alkanes of at least 4 members (excludes halogenated alkanes) is 1. The molecule has 1 amide bonds. The molecule has 2 N–H and O–H groups in total. The van der Waals surface area contributed by atoms with Crippen molar-refractivity contribution in [2.75, 3.05) is 19.6 Å². The Balaban J connectivity index is 1.52. The van der Waals surface area contributed by atoms with Crippen LogP contribution in [0.4, 0.5) is 0 Å². The normalized spacial score (nSPS) is 17.6. The van der Waals surface area contributed by atoms with E-state index < -0.39 is 0 Å². The average Bonchev–Trinajstić information content (AvgIpc) is 3.01. The zero-order chi connectivity index (χ0) is 14.9. The van der Waals surface area contributed by atoms with E-state index in [0.717, 1.165) is 38.9 Å². The summed E-state index contributed by atoms with van der Waals surface area (Å²) < 4.78 is 0. The van der Waals surface area contributed by atoms with E-state index in [1.165, 1.54) is 17.8 Å². The van der Waals surface area contributed by atoms with Gasteiger partial charge in [-0.3, -0.25) is 4.79 Å². The van der Waals surface area contributed by atoms with Gasteiger partial charge >= 0.3 is 0 Å². The van der Waals surface area contributed by atoms with Gasteiger partial charge in [0, 0.05) is 24.5 Å². The predicted octanol–water partition coefficient (Wildman–Crippen LogP) is 2.61. The molecular weight excluding hydrogens is 282 g/mol. The molecule has 4 nitrogen and oxygen atoms in total. The Bertz CT molecular complexity index is 402. The van der Waals surface area contributed by atoms with Crippen molar-refractivity contribution in [2.45, 2.75) is 45.4 Å². The predicted molar refractivity (Wildman–Crippen MR) is 87.4 cm³/mol. The number of nitrogens with zero attached hydrogens (tertiary/aromatic N) is 1. The van der Waals surface area contributed by atoms with Crippen LogP contribution in [0.5, 0.6) is 0 Å². The van der Waals surface area contributed by atoms with Crippen LogP contribution in [0.15, 0.2) is 11.6 Å². The summed E-state index contributed by atoms with van der Waals surface area (Å²) in [6.07, 6.45) is 8.11. The lowest BCUT2D eigenvalue weighted by Gasteiger charge is -2.27. The minimum Gasteiger partial charge on any atom is -0.356 e. The van der Waals surface area contributed by atoms with Crippen LogP contribution in [0.25, 0.3) is 0 Å². The third-order valence-corrected chi connectivity index (χ3v) is 5.16. The zero-order valence-electron chi connectivity index (χ0n) is 12.9. The van der Waals surface area contributed by atoms with E-state index in [9.17, 15) is 4.79 Å². The lowest BCUT2D eigenvalue weighted by Crippen LogP contribution is -2.33. The summed E-state index contributed by atoms with van der Waals surface area (Å²) in [5, 5.41) is 9.65. The van der Waals surface area contributed by atoms with Crippen molar-refractivity contribution < 1.29 is 4.79 Å². The van der Waals surface area contributed by atoms with Gasteiger partial charge in [-0.2, -0.15) is 0 Å². The van der Waals surface area contributed by atoms with Gasteiger partial charge in [0.2, 0.25) is 5.91 Å². The summed E-state index contributed by atoms with van der Waals surface area (Å²) in [6.45, 7) is 5.22. The first-order valence-electron chi connectivity index (χ1n) is 8.11. The average molecular weight is 309 g/mol. The number of rotatable bonds is 8. The van der Waals surface area contributed by atoms with E-state index in [4.69, 9.17) is 0 Å². The number of aromatic nitrogens is 1. The van der Waals surface area contributed by atoms with Gasteiger partial charge in [-0.05, 0) is 57.0 Å². The van der Waals surface area contributed by atoms with E-state index in [0.29, 0.717) is 18.3 Å². The minimum atomic E-state index is 0.218. The Morgan fingerprint density at radius 1 is 1.48 bits per heavy atom. The lowest BCUT2D eigenvalue weighted by atomic mass is 9.84. The molecule has 0 aliphatic carbocycles. The second kappa shape index (κ2) is 9.15. The summed E-state index contributed by atoms with van der Waals surface area (Å²) in [5.74, 6) is 1.43. The highest BCUT2D eigenvalue weighted by Gasteiger charge is 2.21. The van der Waals surface area contributed by atoms with Gasteiger partial charge in [-0.15, -0.1) is 11.3 Å². The van der Waals surface area contributed by atoms with Crippen molar-refractivity contribution in [3.63, 3.8) is 0 Å². The topological polar surface area (TPSA) is 54.0 Å². The largest absolute Gasteiger partial charge is 0.356 e. The SMILES string of the molecule is C[C@H](CC(=O)NCCCCc1nccs1)C1CCNCC1. The van der Waals surface area contributed by atoms with Gasteiger partial charge in [0.1, 0.15) is 0 Å². The van der Waals surface area contributed by atoms with Crippen LogP contribution in [0.2, 0.25) is 0 Å². The van der Waals surface area contributed by atoms with Crippen LogP contribution >= 0.6 is 11.3 Å². The molecule has 21 heavy (non-hydrogen) atoms. The number of aryl methyl sites for hydroxylation is 1. The van der Waals surface area contributed by atoms with Crippen LogP contribution in [-0.2, 0) is 11.2 Å². The van der Waals surface area contributed by atoms with Crippen molar-refractivity contribution in [3.8, 4) is 0 Å². The molecule has 1 aromatic rings. The summed E-state index contributed by atoms with van der Waals surface area (Å²) in [5.41, 5.74) is 0. The van der Waals surface area contributed by atoms with Gasteiger partial charge < -0.3 is 10.6 Å². The van der Waals surface area contributed by atoms with Gasteiger partial charge in [-0.1, -0.05) is 6.92 Å². The fraction of sp³-hybridized carbons (Fsp3) is 0.750. The number of thiazole rings is 1. The highest BCUT2D eigenvalue weighted by atomic mass is 32.1. The molecule has 0 bridgehead atoms. The van der Waals surface area contributed by atoms with Gasteiger partial charge in [0.25, 0.3) is 0 Å². The van der Waals surface area contributed by atoms with Crippen LogP contribution in [-0.4, -0.2) is 30.5 Å². The Kier molecular flexibility index (Phi) is 7.16. The molecule has 5 heteroatoms. The molecular formula is C16H27N3OS. The Morgan fingerprint density at radius 3 is 3.00 bits per heavy atom. The smallest absolute Gasteiger partial charge is 0.220 e. The maximum absolute atomic E-state index is 12.0. The molecule has 2 heterocycles. The molecule has 1 aromatic heterocycles. The number of hydrogen-bond donors (Lipinski definition) is 2. The first-order valence-corrected chi connectivity index (χ1v) is 8.99. The molecule has 1 saturated heterocycles. The second-order valence-corrected chi connectivity index (χ2v) is 6.98. The second-order valence-electron chi connectivity index (χ2n) is 6.00. The van der Waals surface area contributed by atoms with Crippen molar-refractivity contribution >= 4 is 17.2 Å². The van der Waals surface area contributed by atoms with Crippen LogP contribution in [0, 0.1) is 11.8 Å². The van der Waals surface area contributed by atoms with Crippen LogP contribution < -0.4 is 10.6 Å². The molecule has 0 spiro atoms. The molecule has 0 radical (unpaired) electrons. The lowest BCUT2D eigenvalue weighted by molar-refractivity contribution is -0.122. The minimum absolute atomic E-state index is 0.218. The summed E-state index contributed by atoms with van der Waals surface area (Å²) >= 11 is 1.71. The van der Waals surface area contributed by atoms with E-state index in [1.54, 1.807) is 11.3 Å². The Labute approximate surface area is 131 Å². The Hall–Kier alpha value is -0.940. The molecule has 118 valence electrons. The summed E-state index contributed by atoms with van der Waals surface area (Å²) in [4.78, 5) is 16.2. The van der Waals surface area contributed by atoms with Crippen LogP contribution in [0.1, 0.15) is 44.0 Å². The molecule has 0 unspecified atom stereocenters. The molecule has 1 aliphatic rings. The molecule has 2 rings (SSSR count). The van der Waals surface area contributed by atoms with Crippen molar-refractivity contribution in [2.24, 2.45) is 11.8 Å². The molecule has 0 aromatic carbocycles. The molecule has 0 saturated carbocycles. The van der Waals surface area contributed by atoms with Gasteiger partial charge in [0.05, 0.1) is 5.01 Å². The zero-order valence-corrected chi connectivity index (χ0v) is 13.8.